The lowest BCUT2D eigenvalue weighted by molar-refractivity contribution is -0.137. The third-order valence-electron chi connectivity index (χ3n) is 5.69. The highest BCUT2D eigenvalue weighted by molar-refractivity contribution is 7.89. The number of amides is 1. The van der Waals surface area contributed by atoms with E-state index >= 15 is 0 Å². The Morgan fingerprint density at radius 1 is 1.00 bits per heavy atom. The SMILES string of the molecule is COc1ccc([C@H]2C=C(c3cccs3)NN2C(=O)COC(=O)c2cc(S(N)(=O)=O)ccc2OC)cc1OC. The van der Waals surface area contributed by atoms with Gasteiger partial charge >= 0.3 is 5.97 Å². The average Bonchev–Trinajstić information content (AvgIpc) is 3.61. The van der Waals surface area contributed by atoms with Crippen LogP contribution < -0.4 is 24.8 Å². The normalized spacial score (nSPS) is 14.9. The van der Waals surface area contributed by atoms with E-state index in [-0.39, 0.29) is 16.2 Å². The van der Waals surface area contributed by atoms with E-state index in [1.807, 2.05) is 23.6 Å². The summed E-state index contributed by atoms with van der Waals surface area (Å²) in [6.07, 6.45) is 1.88. The summed E-state index contributed by atoms with van der Waals surface area (Å²) in [4.78, 5) is 26.7. The predicted octanol–water partition coefficient (Wildman–Crippen LogP) is 2.71. The van der Waals surface area contributed by atoms with Gasteiger partial charge in [-0.05, 0) is 53.4 Å². The molecule has 4 rings (SSSR count). The maximum absolute atomic E-state index is 13.3. The summed E-state index contributed by atoms with van der Waals surface area (Å²) in [5, 5.41) is 8.44. The Bertz CT molecular complexity index is 1490. The minimum Gasteiger partial charge on any atom is -0.496 e. The van der Waals surface area contributed by atoms with Gasteiger partial charge in [-0.1, -0.05) is 12.1 Å². The molecule has 1 aromatic heterocycles. The van der Waals surface area contributed by atoms with Gasteiger partial charge in [-0.2, -0.15) is 0 Å². The Balaban J connectivity index is 1.58. The first-order chi connectivity index (χ1) is 18.2. The molecule has 13 heteroatoms. The van der Waals surface area contributed by atoms with Gasteiger partial charge in [0.1, 0.15) is 11.3 Å². The number of rotatable bonds is 9. The van der Waals surface area contributed by atoms with Gasteiger partial charge in [-0.15, -0.1) is 11.3 Å². The zero-order valence-corrected chi connectivity index (χ0v) is 22.3. The molecule has 11 nitrogen and oxygen atoms in total. The van der Waals surface area contributed by atoms with E-state index in [0.717, 1.165) is 16.5 Å². The number of hydrogen-bond acceptors (Lipinski definition) is 10. The highest BCUT2D eigenvalue weighted by Gasteiger charge is 2.32. The molecule has 1 atom stereocenters. The fraction of sp³-hybridized carbons (Fsp3) is 0.200. The minimum absolute atomic E-state index is 0.0685. The molecule has 3 aromatic rings. The third-order valence-corrected chi connectivity index (χ3v) is 7.51. The molecular weight excluding hydrogens is 534 g/mol. The molecule has 2 heterocycles. The van der Waals surface area contributed by atoms with Crippen molar-refractivity contribution in [2.24, 2.45) is 5.14 Å². The Hall–Kier alpha value is -4.07. The number of benzene rings is 2. The Labute approximate surface area is 223 Å². The van der Waals surface area contributed by atoms with Crippen LogP contribution in [0.4, 0.5) is 0 Å². The largest absolute Gasteiger partial charge is 0.496 e. The summed E-state index contributed by atoms with van der Waals surface area (Å²) in [6, 6.07) is 12.1. The van der Waals surface area contributed by atoms with Crippen LogP contribution >= 0.6 is 11.3 Å². The molecule has 200 valence electrons. The van der Waals surface area contributed by atoms with Gasteiger partial charge in [-0.3, -0.25) is 10.2 Å². The van der Waals surface area contributed by atoms with Crippen LogP contribution in [-0.4, -0.2) is 53.2 Å². The van der Waals surface area contributed by atoms with Crippen LogP contribution in [-0.2, 0) is 19.6 Å². The first-order valence-electron chi connectivity index (χ1n) is 11.1. The van der Waals surface area contributed by atoms with Crippen molar-refractivity contribution in [3.63, 3.8) is 0 Å². The molecule has 38 heavy (non-hydrogen) atoms. The highest BCUT2D eigenvalue weighted by atomic mass is 32.2. The lowest BCUT2D eigenvalue weighted by atomic mass is 10.0. The molecule has 0 aliphatic carbocycles. The molecule has 1 amide bonds. The molecule has 0 saturated heterocycles. The van der Waals surface area contributed by atoms with Gasteiger partial charge in [0.2, 0.25) is 10.0 Å². The number of ether oxygens (including phenoxy) is 4. The molecule has 0 saturated carbocycles. The maximum atomic E-state index is 13.3. The number of esters is 1. The van der Waals surface area contributed by atoms with Crippen LogP contribution in [0.15, 0.2) is 64.9 Å². The number of carbonyl (C=O) groups excluding carboxylic acids is 2. The third kappa shape index (κ3) is 5.59. The number of nitrogens with two attached hydrogens (primary N) is 1. The molecule has 0 fully saturated rings. The second-order valence-electron chi connectivity index (χ2n) is 7.98. The van der Waals surface area contributed by atoms with Crippen LogP contribution in [0.5, 0.6) is 17.2 Å². The number of hydrazine groups is 1. The summed E-state index contributed by atoms with van der Waals surface area (Å²) < 4.78 is 44.6. The number of methoxy groups -OCH3 is 3. The summed E-state index contributed by atoms with van der Waals surface area (Å²) >= 11 is 1.50. The predicted molar refractivity (Wildman–Crippen MR) is 139 cm³/mol. The van der Waals surface area contributed by atoms with Gasteiger partial charge in [0.25, 0.3) is 5.91 Å². The van der Waals surface area contributed by atoms with E-state index in [1.165, 1.54) is 49.8 Å². The molecule has 1 aliphatic heterocycles. The molecule has 1 aliphatic rings. The van der Waals surface area contributed by atoms with Crippen molar-refractivity contribution >= 4 is 38.9 Å². The van der Waals surface area contributed by atoms with E-state index in [0.29, 0.717) is 17.2 Å². The van der Waals surface area contributed by atoms with Crippen LogP contribution in [0.2, 0.25) is 0 Å². The topological polar surface area (TPSA) is 146 Å². The first kappa shape index (κ1) is 27.0. The number of hydrogen-bond donors (Lipinski definition) is 2. The van der Waals surface area contributed by atoms with E-state index < -0.39 is 34.5 Å². The number of nitrogens with zero attached hydrogens (tertiary/aromatic N) is 1. The molecule has 0 radical (unpaired) electrons. The molecule has 2 aromatic carbocycles. The summed E-state index contributed by atoms with van der Waals surface area (Å²) in [5.41, 5.74) is 4.35. The Kier molecular flexibility index (Phi) is 7.90. The minimum atomic E-state index is -4.08. The van der Waals surface area contributed by atoms with Gasteiger partial charge in [0.15, 0.2) is 18.1 Å². The average molecular weight is 560 g/mol. The van der Waals surface area contributed by atoms with Gasteiger partial charge < -0.3 is 18.9 Å². The summed E-state index contributed by atoms with van der Waals surface area (Å²) in [6.45, 7) is -0.635. The Morgan fingerprint density at radius 3 is 2.34 bits per heavy atom. The quantitative estimate of drug-likeness (QED) is 0.378. The van der Waals surface area contributed by atoms with E-state index in [1.54, 1.807) is 18.2 Å². The second kappa shape index (κ2) is 11.1. The number of thiophene rings is 1. The zero-order chi connectivity index (χ0) is 27.4. The molecule has 0 bridgehead atoms. The standard InChI is InChI=1S/C25H25N3O8S2/c1-33-20-9-7-16(38(26,31)32)12-17(20)25(30)36-14-24(29)28-19(13-18(27-28)23-5-4-10-37-23)15-6-8-21(34-2)22(11-15)35-3/h4-13,19,27H,14H2,1-3H3,(H2,26,31,32)/t19-/m1/s1. The van der Waals surface area contributed by atoms with Crippen LogP contribution in [0, 0.1) is 0 Å². The molecule has 3 N–H and O–H groups in total. The molecule has 0 spiro atoms. The fourth-order valence-corrected chi connectivity index (χ4v) is 5.08. The number of carbonyl (C=O) groups is 2. The van der Waals surface area contributed by atoms with Crippen molar-refractivity contribution in [1.82, 2.24) is 10.4 Å². The van der Waals surface area contributed by atoms with Gasteiger partial charge in [-0.25, -0.2) is 23.4 Å². The lowest BCUT2D eigenvalue weighted by Gasteiger charge is -2.25. The maximum Gasteiger partial charge on any atom is 0.342 e. The van der Waals surface area contributed by atoms with E-state index in [9.17, 15) is 18.0 Å². The van der Waals surface area contributed by atoms with E-state index in [2.05, 4.69) is 5.43 Å². The highest BCUT2D eigenvalue weighted by Crippen LogP contribution is 2.37. The van der Waals surface area contributed by atoms with Crippen molar-refractivity contribution in [2.45, 2.75) is 10.9 Å². The summed E-state index contributed by atoms with van der Waals surface area (Å²) in [5.74, 6) is -0.411. The number of sulfonamides is 1. The number of primary sulfonamides is 1. The van der Waals surface area contributed by atoms with Gasteiger partial charge in [0.05, 0.1) is 42.8 Å². The monoisotopic (exact) mass is 559 g/mol. The van der Waals surface area contributed by atoms with Crippen LogP contribution in [0.3, 0.4) is 0 Å². The smallest absolute Gasteiger partial charge is 0.342 e. The van der Waals surface area contributed by atoms with Crippen molar-refractivity contribution in [3.05, 3.63) is 76.0 Å². The van der Waals surface area contributed by atoms with Crippen molar-refractivity contribution in [3.8, 4) is 17.2 Å². The second-order valence-corrected chi connectivity index (χ2v) is 10.5. The molecule has 0 unspecified atom stereocenters. The fourth-order valence-electron chi connectivity index (χ4n) is 3.84. The van der Waals surface area contributed by atoms with Crippen LogP contribution in [0.1, 0.15) is 26.8 Å². The molecular formula is C25H25N3O8S2. The lowest BCUT2D eigenvalue weighted by Crippen LogP contribution is -2.42. The Morgan fingerprint density at radius 2 is 1.71 bits per heavy atom. The van der Waals surface area contributed by atoms with Crippen molar-refractivity contribution < 1.29 is 37.0 Å². The number of nitrogens with one attached hydrogen (secondary N) is 1. The van der Waals surface area contributed by atoms with Crippen LogP contribution in [0.25, 0.3) is 5.70 Å². The zero-order valence-electron chi connectivity index (χ0n) is 20.7. The summed E-state index contributed by atoms with van der Waals surface area (Å²) in [7, 11) is 0.281. The van der Waals surface area contributed by atoms with E-state index in [4.69, 9.17) is 24.1 Å². The van der Waals surface area contributed by atoms with Gasteiger partial charge in [0, 0.05) is 0 Å². The first-order valence-corrected chi connectivity index (χ1v) is 13.5. The van der Waals surface area contributed by atoms with Crippen molar-refractivity contribution in [2.75, 3.05) is 27.9 Å². The van der Waals surface area contributed by atoms with Crippen molar-refractivity contribution in [1.29, 1.82) is 0 Å².